The molecular weight excluding hydrogens is 784 g/mol. The normalized spacial score (nSPS) is 11.6. The van der Waals surface area contributed by atoms with Crippen LogP contribution in [0.5, 0.6) is 11.5 Å². The summed E-state index contributed by atoms with van der Waals surface area (Å²) < 4.78 is 10.8. The van der Waals surface area contributed by atoms with Gasteiger partial charge in [0.25, 0.3) is 0 Å². The van der Waals surface area contributed by atoms with Crippen molar-refractivity contribution in [2.45, 2.75) is 72.6 Å². The van der Waals surface area contributed by atoms with Crippen molar-refractivity contribution in [3.8, 4) is 34.1 Å². The van der Waals surface area contributed by atoms with E-state index in [1.54, 1.807) is 0 Å². The molecule has 6 heteroatoms. The van der Waals surface area contributed by atoms with Crippen LogP contribution in [0.15, 0.2) is 97.2 Å². The zero-order valence-electron chi connectivity index (χ0n) is 29.1. The minimum Gasteiger partial charge on any atom is -0.509 e. The summed E-state index contributed by atoms with van der Waals surface area (Å²) in [6, 6.07) is 38.9. The van der Waals surface area contributed by atoms with Crippen LogP contribution >= 0.6 is 0 Å². The van der Waals surface area contributed by atoms with Gasteiger partial charge in [0.1, 0.15) is 5.82 Å². The second-order valence-electron chi connectivity index (χ2n) is 13.4. The minimum absolute atomic E-state index is 0. The molecule has 0 fully saturated rings. The average Bonchev–Trinajstić information content (AvgIpc) is 3.65. The quantitative estimate of drug-likeness (QED) is 0.136. The number of pyridine rings is 1. The third-order valence-electron chi connectivity index (χ3n) is 9.01. The van der Waals surface area contributed by atoms with Gasteiger partial charge in [-0.05, 0) is 65.2 Å². The molecule has 0 amide bonds. The largest absolute Gasteiger partial charge is 2.00 e. The number of nitrogens with zero attached hydrogens (tertiary/aromatic N) is 4. The van der Waals surface area contributed by atoms with Gasteiger partial charge in [-0.25, -0.2) is 4.98 Å². The molecule has 5 nitrogen and oxygen atoms in total. The smallest absolute Gasteiger partial charge is 0.509 e. The molecule has 3 aromatic heterocycles. The first-order valence-electron chi connectivity index (χ1n) is 17.1. The topological polar surface area (TPSA) is 44.9 Å². The summed E-state index contributed by atoms with van der Waals surface area (Å²) >= 11 is 0. The molecule has 0 saturated heterocycles. The first-order valence-corrected chi connectivity index (χ1v) is 17.1. The number of ether oxygens (including phenoxy) is 1. The SMILES string of the molecule is CCCc1nn(-c2[c-]c(Oc3[c-]c4c(cc3)c3ccccc3n4-c3cc(CC)ccn3)ccc2)c(C(C)(C)C)c1-c1ccc(CC)cc1.[Pt+2]. The zero-order valence-corrected chi connectivity index (χ0v) is 31.4. The van der Waals surface area contributed by atoms with Crippen molar-refractivity contribution < 1.29 is 25.8 Å². The maximum atomic E-state index is 6.51. The van der Waals surface area contributed by atoms with Crippen LogP contribution in [0, 0.1) is 12.1 Å². The molecule has 3 heterocycles. The number of aromatic nitrogens is 4. The zero-order chi connectivity index (χ0) is 33.4. The first-order chi connectivity index (χ1) is 23.3. The molecule has 0 saturated carbocycles. The molecule has 0 spiro atoms. The van der Waals surface area contributed by atoms with Crippen LogP contribution in [0.25, 0.3) is 44.4 Å². The van der Waals surface area contributed by atoms with Crippen molar-refractivity contribution in [1.29, 1.82) is 0 Å². The van der Waals surface area contributed by atoms with E-state index < -0.39 is 0 Å². The van der Waals surface area contributed by atoms with E-state index in [-0.39, 0.29) is 26.5 Å². The van der Waals surface area contributed by atoms with Gasteiger partial charge in [-0.15, -0.1) is 35.7 Å². The minimum atomic E-state index is -0.169. The van der Waals surface area contributed by atoms with Gasteiger partial charge in [0.15, 0.2) is 0 Å². The number of fused-ring (bicyclic) bond motifs is 3. The van der Waals surface area contributed by atoms with Crippen molar-refractivity contribution in [3.63, 3.8) is 0 Å². The van der Waals surface area contributed by atoms with E-state index in [0.29, 0.717) is 11.5 Å². The van der Waals surface area contributed by atoms with E-state index in [1.165, 1.54) is 27.9 Å². The van der Waals surface area contributed by atoms with Crippen LogP contribution in [-0.4, -0.2) is 19.3 Å². The van der Waals surface area contributed by atoms with Crippen LogP contribution in [0.2, 0.25) is 0 Å². The molecule has 0 bridgehead atoms. The van der Waals surface area contributed by atoms with Crippen LogP contribution in [-0.2, 0) is 45.7 Å². The van der Waals surface area contributed by atoms with Crippen LogP contribution in [0.1, 0.15) is 70.5 Å². The number of hydrogen-bond acceptors (Lipinski definition) is 3. The van der Waals surface area contributed by atoms with E-state index in [1.807, 2.05) is 24.4 Å². The Bertz CT molecular complexity index is 2240. The molecule has 0 unspecified atom stereocenters. The molecule has 49 heavy (non-hydrogen) atoms. The number of para-hydroxylation sites is 1. The molecule has 0 aliphatic carbocycles. The van der Waals surface area contributed by atoms with Crippen LogP contribution in [0.4, 0.5) is 0 Å². The Morgan fingerprint density at radius 1 is 0.755 bits per heavy atom. The molecule has 7 rings (SSSR count). The number of aryl methyl sites for hydroxylation is 3. The summed E-state index contributed by atoms with van der Waals surface area (Å²) in [6.45, 7) is 13.3. The Morgan fingerprint density at radius 3 is 2.24 bits per heavy atom. The van der Waals surface area contributed by atoms with E-state index in [0.717, 1.165) is 64.7 Å². The van der Waals surface area contributed by atoms with Crippen molar-refractivity contribution in [3.05, 3.63) is 132 Å². The fraction of sp³-hybridized carbons (Fsp3) is 0.256. The van der Waals surface area contributed by atoms with Gasteiger partial charge in [-0.1, -0.05) is 95.9 Å². The monoisotopic (exact) mass is 825 g/mol. The molecular formula is C43H42N4OPt. The molecule has 250 valence electrons. The molecule has 7 aromatic rings. The van der Waals surface area contributed by atoms with Crippen molar-refractivity contribution in [2.75, 3.05) is 0 Å². The molecule has 0 aliphatic rings. The van der Waals surface area contributed by atoms with Gasteiger partial charge in [0, 0.05) is 34.2 Å². The molecule has 0 atom stereocenters. The average molecular weight is 826 g/mol. The van der Waals surface area contributed by atoms with Crippen molar-refractivity contribution in [1.82, 2.24) is 19.3 Å². The standard InChI is InChI=1S/C43H42N4O.Pt/c1-7-13-37-41(31-20-18-29(8-2)19-21-31)42(43(4,5)6)47(45-37)32-14-12-15-33(27-32)48-34-22-23-36-35-16-10-11-17-38(35)46(39(36)28-34)40-26-30(9-3)24-25-44-40;/h10-12,14-26H,7-9,13H2,1-6H3;/q-2;+2. The summed E-state index contributed by atoms with van der Waals surface area (Å²) in [5, 5.41) is 7.50. The van der Waals surface area contributed by atoms with E-state index in [9.17, 15) is 0 Å². The summed E-state index contributed by atoms with van der Waals surface area (Å²) in [5.74, 6) is 2.10. The predicted molar refractivity (Wildman–Crippen MR) is 197 cm³/mol. The van der Waals surface area contributed by atoms with Crippen LogP contribution in [0.3, 0.4) is 0 Å². The Hall–Kier alpha value is -4.47. The van der Waals surface area contributed by atoms with Gasteiger partial charge in [-0.3, -0.25) is 4.68 Å². The molecule has 0 N–H and O–H groups in total. The number of rotatable bonds is 9. The maximum absolute atomic E-state index is 6.51. The Labute approximate surface area is 304 Å². The Kier molecular flexibility index (Phi) is 9.95. The van der Waals surface area contributed by atoms with E-state index >= 15 is 0 Å². The molecule has 0 aliphatic heterocycles. The van der Waals surface area contributed by atoms with Gasteiger partial charge < -0.3 is 9.30 Å². The summed E-state index contributed by atoms with van der Waals surface area (Å²) in [4.78, 5) is 4.76. The molecule has 4 aromatic carbocycles. The summed E-state index contributed by atoms with van der Waals surface area (Å²) in [5.41, 5.74) is 9.97. The number of hydrogen-bond donors (Lipinski definition) is 0. The summed E-state index contributed by atoms with van der Waals surface area (Å²) in [6.07, 6.45) is 5.76. The second kappa shape index (κ2) is 14.2. The number of benzene rings is 4. The van der Waals surface area contributed by atoms with Gasteiger partial charge >= 0.3 is 21.1 Å². The van der Waals surface area contributed by atoms with Gasteiger partial charge in [0.05, 0.1) is 11.4 Å². The second-order valence-corrected chi connectivity index (χ2v) is 13.4. The summed E-state index contributed by atoms with van der Waals surface area (Å²) in [7, 11) is 0. The Morgan fingerprint density at radius 2 is 1.51 bits per heavy atom. The maximum Gasteiger partial charge on any atom is 2.00 e. The van der Waals surface area contributed by atoms with E-state index in [4.69, 9.17) is 14.8 Å². The van der Waals surface area contributed by atoms with Crippen LogP contribution < -0.4 is 4.74 Å². The van der Waals surface area contributed by atoms with Crippen molar-refractivity contribution in [2.24, 2.45) is 0 Å². The fourth-order valence-corrected chi connectivity index (χ4v) is 6.66. The predicted octanol–water partition coefficient (Wildman–Crippen LogP) is 10.8. The van der Waals surface area contributed by atoms with Gasteiger partial charge in [0.2, 0.25) is 0 Å². The third-order valence-corrected chi connectivity index (χ3v) is 9.01. The Balaban J connectivity index is 0.00000417. The van der Waals surface area contributed by atoms with Gasteiger partial charge in [-0.2, -0.15) is 17.2 Å². The van der Waals surface area contributed by atoms with Crippen molar-refractivity contribution >= 4 is 21.8 Å². The first kappa shape index (κ1) is 34.4. The third kappa shape index (κ3) is 6.62. The van der Waals surface area contributed by atoms with E-state index in [2.05, 4.69) is 136 Å². The molecule has 0 radical (unpaired) electrons. The fourth-order valence-electron chi connectivity index (χ4n) is 6.66.